The molecule has 2 aromatic rings. The van der Waals surface area contributed by atoms with E-state index in [1.807, 2.05) is 13.8 Å². The topological polar surface area (TPSA) is 67.8 Å². The second kappa shape index (κ2) is 3.34. The Morgan fingerprint density at radius 2 is 2.13 bits per heavy atom. The highest BCUT2D eigenvalue weighted by Gasteiger charge is 2.09. The van der Waals surface area contributed by atoms with E-state index in [0.717, 1.165) is 0 Å². The highest BCUT2D eigenvalue weighted by molar-refractivity contribution is 5.69. The summed E-state index contributed by atoms with van der Waals surface area (Å²) >= 11 is 0. The lowest BCUT2D eigenvalue weighted by atomic mass is 10.3. The fraction of sp³-hybridized carbons (Fsp3) is 0.300. The van der Waals surface area contributed by atoms with Crippen LogP contribution in [0.2, 0.25) is 0 Å². The summed E-state index contributed by atoms with van der Waals surface area (Å²) in [6.45, 7) is 3.71. The van der Waals surface area contributed by atoms with Crippen molar-refractivity contribution in [3.05, 3.63) is 39.0 Å². The maximum Gasteiger partial charge on any atom is 0.317 e. The van der Waals surface area contributed by atoms with Crippen molar-refractivity contribution in [1.29, 1.82) is 0 Å². The van der Waals surface area contributed by atoms with E-state index in [1.165, 1.54) is 4.57 Å². The van der Waals surface area contributed by atoms with Crippen molar-refractivity contribution in [2.45, 2.75) is 19.9 Å². The molecule has 0 saturated heterocycles. The zero-order chi connectivity index (χ0) is 11.0. The highest BCUT2D eigenvalue weighted by Crippen LogP contribution is 2.09. The van der Waals surface area contributed by atoms with Gasteiger partial charge in [0.05, 0.1) is 5.52 Å². The van der Waals surface area contributed by atoms with Crippen molar-refractivity contribution in [3.8, 4) is 0 Å². The van der Waals surface area contributed by atoms with Crippen molar-refractivity contribution >= 4 is 11.2 Å². The third kappa shape index (κ3) is 1.45. The molecular formula is C10H11N3O2. The second-order valence-electron chi connectivity index (χ2n) is 3.59. The number of fused-ring (bicyclic) bond motifs is 1. The van der Waals surface area contributed by atoms with Crippen molar-refractivity contribution in [2.24, 2.45) is 0 Å². The summed E-state index contributed by atoms with van der Waals surface area (Å²) in [5.74, 6) is 0. The number of hydrogen-bond donors (Lipinski definition) is 1. The van der Waals surface area contributed by atoms with Gasteiger partial charge >= 0.3 is 11.1 Å². The van der Waals surface area contributed by atoms with Gasteiger partial charge in [0.1, 0.15) is 0 Å². The van der Waals surface area contributed by atoms with Gasteiger partial charge in [-0.25, -0.2) is 4.98 Å². The molecule has 0 saturated carbocycles. The number of H-pyrrole nitrogens is 1. The Bertz CT molecular complexity index is 610. The molecule has 0 aliphatic carbocycles. The molecule has 0 aliphatic rings. The lowest BCUT2D eigenvalue weighted by molar-refractivity contribution is 0.592. The van der Waals surface area contributed by atoms with E-state index >= 15 is 0 Å². The molecule has 0 amide bonds. The van der Waals surface area contributed by atoms with E-state index in [-0.39, 0.29) is 6.04 Å². The Balaban J connectivity index is 3.03. The summed E-state index contributed by atoms with van der Waals surface area (Å²) in [4.78, 5) is 29.4. The average Bonchev–Trinajstić information content (AvgIpc) is 2.19. The maximum absolute atomic E-state index is 11.6. The van der Waals surface area contributed by atoms with Crippen molar-refractivity contribution in [1.82, 2.24) is 14.5 Å². The Morgan fingerprint density at radius 3 is 2.80 bits per heavy atom. The van der Waals surface area contributed by atoms with Crippen molar-refractivity contribution < 1.29 is 0 Å². The third-order valence-electron chi connectivity index (χ3n) is 2.21. The predicted molar refractivity (Wildman–Crippen MR) is 57.0 cm³/mol. The number of hydrogen-bond acceptors (Lipinski definition) is 3. The van der Waals surface area contributed by atoms with Crippen LogP contribution in [-0.2, 0) is 0 Å². The quantitative estimate of drug-likeness (QED) is 0.695. The number of aromatic nitrogens is 3. The summed E-state index contributed by atoms with van der Waals surface area (Å²) in [7, 11) is 0. The van der Waals surface area contributed by atoms with Gasteiger partial charge in [-0.2, -0.15) is 0 Å². The fourth-order valence-corrected chi connectivity index (χ4v) is 1.58. The largest absolute Gasteiger partial charge is 0.317 e. The zero-order valence-electron chi connectivity index (χ0n) is 8.52. The number of aromatic amines is 1. The van der Waals surface area contributed by atoms with E-state index in [9.17, 15) is 9.59 Å². The first-order valence-corrected chi connectivity index (χ1v) is 4.71. The first-order valence-electron chi connectivity index (χ1n) is 4.71. The lowest BCUT2D eigenvalue weighted by Gasteiger charge is -2.11. The summed E-state index contributed by atoms with van der Waals surface area (Å²) in [5, 5.41) is 0. The number of pyridine rings is 1. The number of rotatable bonds is 1. The van der Waals surface area contributed by atoms with Gasteiger partial charge in [-0.3, -0.25) is 14.2 Å². The molecule has 0 bridgehead atoms. The van der Waals surface area contributed by atoms with Gasteiger partial charge in [-0.15, -0.1) is 0 Å². The zero-order valence-corrected chi connectivity index (χ0v) is 8.52. The van der Waals surface area contributed by atoms with E-state index in [2.05, 4.69) is 9.97 Å². The molecule has 0 atom stereocenters. The average molecular weight is 205 g/mol. The molecule has 1 N–H and O–H groups in total. The smallest absolute Gasteiger partial charge is 0.301 e. The first kappa shape index (κ1) is 9.64. The van der Waals surface area contributed by atoms with Gasteiger partial charge in [0.15, 0.2) is 5.65 Å². The molecular weight excluding hydrogens is 194 g/mol. The van der Waals surface area contributed by atoms with Gasteiger partial charge < -0.3 is 4.98 Å². The molecule has 2 heterocycles. The first-order chi connectivity index (χ1) is 7.11. The SMILES string of the molecule is CC(C)n1c(=O)c(=O)[nH]c2ncccc21. The monoisotopic (exact) mass is 205 g/mol. The fourth-order valence-electron chi connectivity index (χ4n) is 1.58. The molecule has 15 heavy (non-hydrogen) atoms. The van der Waals surface area contributed by atoms with Crippen LogP contribution in [0.5, 0.6) is 0 Å². The standard InChI is InChI=1S/C10H11N3O2/c1-6(2)13-7-4-3-5-11-8(7)12-9(14)10(13)15/h3-6H,1-2H3,(H,11,12,14). The summed E-state index contributed by atoms with van der Waals surface area (Å²) < 4.78 is 1.45. The molecule has 0 unspecified atom stereocenters. The van der Waals surface area contributed by atoms with Crippen LogP contribution < -0.4 is 11.1 Å². The van der Waals surface area contributed by atoms with Crippen LogP contribution >= 0.6 is 0 Å². The van der Waals surface area contributed by atoms with Crippen LogP contribution in [0.15, 0.2) is 27.9 Å². The Kier molecular flexibility index (Phi) is 2.15. The molecule has 5 nitrogen and oxygen atoms in total. The molecule has 0 fully saturated rings. The minimum Gasteiger partial charge on any atom is -0.301 e. The summed E-state index contributed by atoms with van der Waals surface area (Å²) in [5.41, 5.74) is -0.0756. The van der Waals surface area contributed by atoms with Crippen LogP contribution in [0, 0.1) is 0 Å². The maximum atomic E-state index is 11.6. The minimum atomic E-state index is -0.630. The van der Waals surface area contributed by atoms with Crippen LogP contribution in [-0.4, -0.2) is 14.5 Å². The van der Waals surface area contributed by atoms with E-state index in [0.29, 0.717) is 11.2 Å². The third-order valence-corrected chi connectivity index (χ3v) is 2.21. The lowest BCUT2D eigenvalue weighted by Crippen LogP contribution is -2.37. The highest BCUT2D eigenvalue weighted by atomic mass is 16.2. The molecule has 2 aromatic heterocycles. The van der Waals surface area contributed by atoms with E-state index < -0.39 is 11.1 Å². The van der Waals surface area contributed by atoms with Gasteiger partial charge in [0, 0.05) is 12.2 Å². The molecule has 0 spiro atoms. The molecule has 0 radical (unpaired) electrons. The Labute approximate surface area is 85.4 Å². The van der Waals surface area contributed by atoms with Gasteiger partial charge in [0.2, 0.25) is 0 Å². The van der Waals surface area contributed by atoms with Gasteiger partial charge in [-0.05, 0) is 26.0 Å². The van der Waals surface area contributed by atoms with E-state index in [4.69, 9.17) is 0 Å². The van der Waals surface area contributed by atoms with Gasteiger partial charge in [0.25, 0.3) is 0 Å². The molecule has 78 valence electrons. The minimum absolute atomic E-state index is 0.0634. The summed E-state index contributed by atoms with van der Waals surface area (Å²) in [6.07, 6.45) is 1.58. The van der Waals surface area contributed by atoms with Crippen molar-refractivity contribution in [2.75, 3.05) is 0 Å². The molecule has 0 aliphatic heterocycles. The van der Waals surface area contributed by atoms with E-state index in [1.54, 1.807) is 18.3 Å². The van der Waals surface area contributed by atoms with Crippen LogP contribution in [0.3, 0.4) is 0 Å². The molecule has 0 aromatic carbocycles. The number of nitrogens with zero attached hydrogens (tertiary/aromatic N) is 2. The van der Waals surface area contributed by atoms with Crippen molar-refractivity contribution in [3.63, 3.8) is 0 Å². The Morgan fingerprint density at radius 1 is 1.40 bits per heavy atom. The molecule has 5 heteroatoms. The molecule has 2 rings (SSSR count). The summed E-state index contributed by atoms with van der Waals surface area (Å²) in [6, 6.07) is 3.44. The second-order valence-corrected chi connectivity index (χ2v) is 3.59. The predicted octanol–water partition coefficient (Wildman–Crippen LogP) is 0.666. The normalized spacial score (nSPS) is 11.1. The Hall–Kier alpha value is -1.91. The van der Waals surface area contributed by atoms with Crippen LogP contribution in [0.1, 0.15) is 19.9 Å². The van der Waals surface area contributed by atoms with Gasteiger partial charge in [-0.1, -0.05) is 0 Å². The number of nitrogens with one attached hydrogen (secondary N) is 1. The van der Waals surface area contributed by atoms with Crippen LogP contribution in [0.25, 0.3) is 11.2 Å². The van der Waals surface area contributed by atoms with Crippen LogP contribution in [0.4, 0.5) is 0 Å².